The zero-order valence-corrected chi connectivity index (χ0v) is 22.9. The van der Waals surface area contributed by atoms with E-state index >= 15 is 0 Å². The van der Waals surface area contributed by atoms with Crippen LogP contribution in [0.2, 0.25) is 0 Å². The molecule has 220 valence electrons. The summed E-state index contributed by atoms with van der Waals surface area (Å²) in [5, 5.41) is 17.4. The summed E-state index contributed by atoms with van der Waals surface area (Å²) in [6.07, 6.45) is 8.62. The smallest absolute Gasteiger partial charge is 0.326 e. The summed E-state index contributed by atoms with van der Waals surface area (Å²) >= 11 is 1.45. The predicted molar refractivity (Wildman–Crippen MR) is 149 cm³/mol. The first-order valence-electron chi connectivity index (χ1n) is 12.5. The molecule has 0 aromatic carbocycles. The Labute approximate surface area is 235 Å². The van der Waals surface area contributed by atoms with Gasteiger partial charge in [0.15, 0.2) is 5.96 Å². The highest BCUT2D eigenvalue weighted by Gasteiger charge is 2.30. The number of aromatic amines is 2. The van der Waals surface area contributed by atoms with Gasteiger partial charge in [0.25, 0.3) is 0 Å². The van der Waals surface area contributed by atoms with Gasteiger partial charge >= 0.3 is 5.97 Å². The molecule has 0 saturated heterocycles. The van der Waals surface area contributed by atoms with Gasteiger partial charge in [-0.25, -0.2) is 14.8 Å². The molecular formula is C23H37N11O5S. The molecule has 0 bridgehead atoms. The maximum absolute atomic E-state index is 13.4. The van der Waals surface area contributed by atoms with E-state index in [1.165, 1.54) is 30.6 Å². The van der Waals surface area contributed by atoms with Crippen LogP contribution >= 0.6 is 11.8 Å². The van der Waals surface area contributed by atoms with Crippen molar-refractivity contribution in [2.45, 2.75) is 56.3 Å². The lowest BCUT2D eigenvalue weighted by molar-refractivity contribution is -0.142. The Hall–Kier alpha value is -4.12. The third-order valence-electron chi connectivity index (χ3n) is 5.75. The number of amides is 3. The molecule has 0 radical (unpaired) electrons. The summed E-state index contributed by atoms with van der Waals surface area (Å²) in [6.45, 7) is 0.201. The standard InChI is InChI=1S/C23H37N11O5S/c1-40-6-4-16(20(36)33-17(22(38)39)3-2-5-29-23(25)26)32-21(37)18(8-14-10-28-12-31-14)34-19(35)15(24)7-13-9-27-11-30-13/h9-12,15-18H,2-8,24H2,1H3,(H,27,30)(H,28,31)(H,32,37)(H,33,36)(H,34,35)(H,38,39)(H4,25,26,29). The quantitative estimate of drug-likeness (QED) is 0.0509. The lowest BCUT2D eigenvalue weighted by Crippen LogP contribution is -2.58. The molecule has 0 aliphatic rings. The fraction of sp³-hybridized carbons (Fsp3) is 0.522. The van der Waals surface area contributed by atoms with Gasteiger partial charge in [0.1, 0.15) is 18.1 Å². The van der Waals surface area contributed by atoms with E-state index in [0.29, 0.717) is 23.6 Å². The van der Waals surface area contributed by atoms with Crippen LogP contribution in [0.15, 0.2) is 30.0 Å². The van der Waals surface area contributed by atoms with Gasteiger partial charge in [0.2, 0.25) is 17.7 Å². The Morgan fingerprint density at radius 1 is 0.925 bits per heavy atom. The number of carbonyl (C=O) groups is 4. The van der Waals surface area contributed by atoms with Crippen LogP contribution in [-0.2, 0) is 32.0 Å². The lowest BCUT2D eigenvalue weighted by atomic mass is 10.1. The molecule has 2 aromatic heterocycles. The Morgan fingerprint density at radius 3 is 2.05 bits per heavy atom. The van der Waals surface area contributed by atoms with Crippen LogP contribution in [0.3, 0.4) is 0 Å². The molecule has 0 aliphatic carbocycles. The van der Waals surface area contributed by atoms with E-state index < -0.39 is 47.9 Å². The zero-order chi connectivity index (χ0) is 29.5. The minimum Gasteiger partial charge on any atom is -0.480 e. The van der Waals surface area contributed by atoms with Gasteiger partial charge in [-0.1, -0.05) is 0 Å². The SMILES string of the molecule is CSCCC(NC(=O)C(Cc1cnc[nH]1)NC(=O)C(N)Cc1cnc[nH]1)C(=O)NC(CCCN=C(N)N)C(=O)O. The first-order chi connectivity index (χ1) is 19.1. The number of aliphatic carboxylic acids is 1. The Bertz CT molecular complexity index is 1110. The van der Waals surface area contributed by atoms with Crippen molar-refractivity contribution >= 4 is 41.4 Å². The van der Waals surface area contributed by atoms with E-state index in [1.807, 2.05) is 6.26 Å². The minimum absolute atomic E-state index is 0.0494. The second-order valence-corrected chi connectivity index (χ2v) is 9.91. The van der Waals surface area contributed by atoms with Crippen LogP contribution in [0.25, 0.3) is 0 Å². The first-order valence-corrected chi connectivity index (χ1v) is 13.9. The van der Waals surface area contributed by atoms with E-state index in [4.69, 9.17) is 17.2 Å². The maximum Gasteiger partial charge on any atom is 0.326 e. The van der Waals surface area contributed by atoms with Crippen molar-refractivity contribution in [1.82, 2.24) is 35.9 Å². The molecule has 0 saturated carbocycles. The highest BCUT2D eigenvalue weighted by Crippen LogP contribution is 2.07. The summed E-state index contributed by atoms with van der Waals surface area (Å²) in [5.41, 5.74) is 17.8. The molecule has 2 aromatic rings. The van der Waals surface area contributed by atoms with Gasteiger partial charge in [0, 0.05) is 43.2 Å². The fourth-order valence-electron chi connectivity index (χ4n) is 3.64. The summed E-state index contributed by atoms with van der Waals surface area (Å²) < 4.78 is 0. The largest absolute Gasteiger partial charge is 0.480 e. The number of aromatic nitrogens is 4. The number of nitrogens with two attached hydrogens (primary N) is 3. The van der Waals surface area contributed by atoms with Crippen molar-refractivity contribution in [2.75, 3.05) is 18.6 Å². The number of aliphatic imine (C=N–C) groups is 1. The van der Waals surface area contributed by atoms with Crippen molar-refractivity contribution in [3.8, 4) is 0 Å². The fourth-order valence-corrected chi connectivity index (χ4v) is 4.11. The van der Waals surface area contributed by atoms with Crippen molar-refractivity contribution < 1.29 is 24.3 Å². The molecule has 0 aliphatic heterocycles. The number of H-pyrrole nitrogens is 2. The molecule has 2 rings (SSSR count). The molecule has 17 heteroatoms. The topological polar surface area (TPSA) is 272 Å². The molecule has 0 fully saturated rings. The number of hydrogen-bond donors (Lipinski definition) is 9. The first kappa shape index (κ1) is 32.1. The predicted octanol–water partition coefficient (Wildman–Crippen LogP) is -2.41. The van der Waals surface area contributed by atoms with Crippen LogP contribution in [0.1, 0.15) is 30.7 Å². The minimum atomic E-state index is -1.23. The number of thioether (sulfide) groups is 1. The van der Waals surface area contributed by atoms with Gasteiger partial charge in [-0.2, -0.15) is 11.8 Å². The summed E-state index contributed by atoms with van der Waals surface area (Å²) in [5.74, 6) is -2.73. The molecule has 4 unspecified atom stereocenters. The number of imidazole rings is 2. The van der Waals surface area contributed by atoms with E-state index in [2.05, 4.69) is 40.9 Å². The average molecular weight is 580 g/mol. The summed E-state index contributed by atoms with van der Waals surface area (Å²) in [6, 6.07) is -4.33. The number of carboxylic acids is 1. The number of hydrogen-bond acceptors (Lipinski definition) is 9. The number of nitrogens with one attached hydrogen (secondary N) is 5. The monoisotopic (exact) mass is 579 g/mol. The third-order valence-corrected chi connectivity index (χ3v) is 6.39. The Balaban J connectivity index is 2.11. The third kappa shape index (κ3) is 11.3. The summed E-state index contributed by atoms with van der Waals surface area (Å²) in [7, 11) is 0. The Kier molecular flexibility index (Phi) is 13.4. The molecule has 2 heterocycles. The normalized spacial score (nSPS) is 13.8. The van der Waals surface area contributed by atoms with E-state index in [9.17, 15) is 24.3 Å². The highest BCUT2D eigenvalue weighted by molar-refractivity contribution is 7.98. The van der Waals surface area contributed by atoms with Crippen molar-refractivity contribution in [3.05, 3.63) is 36.4 Å². The van der Waals surface area contributed by atoms with Gasteiger partial charge in [0.05, 0.1) is 18.7 Å². The second kappa shape index (κ2) is 16.8. The van der Waals surface area contributed by atoms with E-state index in [0.717, 1.165) is 0 Å². The number of nitrogens with zero attached hydrogens (tertiary/aromatic N) is 3. The van der Waals surface area contributed by atoms with Gasteiger partial charge in [-0.15, -0.1) is 0 Å². The van der Waals surface area contributed by atoms with Gasteiger partial charge < -0.3 is 48.2 Å². The molecule has 3 amide bonds. The number of carbonyl (C=O) groups excluding carboxylic acids is 3. The maximum atomic E-state index is 13.4. The van der Waals surface area contributed by atoms with E-state index in [-0.39, 0.29) is 38.2 Å². The van der Waals surface area contributed by atoms with Gasteiger partial charge in [-0.3, -0.25) is 19.4 Å². The second-order valence-electron chi connectivity index (χ2n) is 8.92. The van der Waals surface area contributed by atoms with Crippen LogP contribution in [0.5, 0.6) is 0 Å². The zero-order valence-electron chi connectivity index (χ0n) is 22.1. The van der Waals surface area contributed by atoms with Crippen LogP contribution < -0.4 is 33.2 Å². The molecular weight excluding hydrogens is 542 g/mol. The Morgan fingerprint density at radius 2 is 1.50 bits per heavy atom. The van der Waals surface area contributed by atoms with Crippen molar-refractivity contribution in [3.63, 3.8) is 0 Å². The lowest BCUT2D eigenvalue weighted by Gasteiger charge is -2.25. The van der Waals surface area contributed by atoms with E-state index in [1.54, 1.807) is 6.20 Å². The number of rotatable bonds is 18. The number of guanidine groups is 1. The molecule has 40 heavy (non-hydrogen) atoms. The highest BCUT2D eigenvalue weighted by atomic mass is 32.2. The van der Waals surface area contributed by atoms with Crippen LogP contribution in [-0.4, -0.2) is 97.4 Å². The molecule has 0 spiro atoms. The van der Waals surface area contributed by atoms with Gasteiger partial charge in [-0.05, 0) is 31.3 Å². The average Bonchev–Trinajstić information content (AvgIpc) is 3.61. The van der Waals surface area contributed by atoms with Crippen LogP contribution in [0, 0.1) is 0 Å². The number of carboxylic acid groups (broad SMARTS) is 1. The van der Waals surface area contributed by atoms with Crippen molar-refractivity contribution in [2.24, 2.45) is 22.2 Å². The molecule has 12 N–H and O–H groups in total. The van der Waals surface area contributed by atoms with Crippen molar-refractivity contribution in [1.29, 1.82) is 0 Å². The summed E-state index contributed by atoms with van der Waals surface area (Å²) in [4.78, 5) is 68.4. The molecule has 4 atom stereocenters. The molecule has 16 nitrogen and oxygen atoms in total. The van der Waals surface area contributed by atoms with Crippen LogP contribution in [0.4, 0.5) is 0 Å².